The molecule has 1 amide bonds. The van der Waals surface area contributed by atoms with E-state index < -0.39 is 5.91 Å². The zero-order chi connectivity index (χ0) is 20.6. The summed E-state index contributed by atoms with van der Waals surface area (Å²) >= 11 is 4.08. The molecule has 0 bridgehead atoms. The lowest BCUT2D eigenvalue weighted by atomic mass is 10.1. The van der Waals surface area contributed by atoms with E-state index in [2.05, 4.69) is 77.6 Å². The Morgan fingerprint density at radius 1 is 0.793 bits per heavy atom. The average Bonchev–Trinajstić information content (AvgIpc) is 2.77. The van der Waals surface area contributed by atoms with E-state index in [0.29, 0.717) is 5.25 Å². The Morgan fingerprint density at radius 3 is 2.03 bits per heavy atom. The van der Waals surface area contributed by atoms with Gasteiger partial charge < -0.3 is 0 Å². The van der Waals surface area contributed by atoms with Crippen molar-refractivity contribution in [1.82, 2.24) is 0 Å². The van der Waals surface area contributed by atoms with Crippen molar-refractivity contribution in [3.05, 3.63) is 76.7 Å². The maximum atomic E-state index is 11.1. The van der Waals surface area contributed by atoms with Crippen molar-refractivity contribution in [2.45, 2.75) is 50.2 Å². The fraction of sp³-hybridized carbons (Fsp3) is 0.458. The van der Waals surface area contributed by atoms with Crippen molar-refractivity contribution in [3.63, 3.8) is 0 Å². The number of hydrogen-bond donors (Lipinski definition) is 0. The second kappa shape index (κ2) is 15.3. The Balaban J connectivity index is 1.67. The molecule has 5 heteroatoms. The summed E-state index contributed by atoms with van der Waals surface area (Å²) in [5.41, 5.74) is 2.79. The summed E-state index contributed by atoms with van der Waals surface area (Å²) < 4.78 is 0. The van der Waals surface area contributed by atoms with Crippen LogP contribution in [-0.2, 0) is 17.6 Å². The molecule has 156 valence electrons. The number of unbranched alkanes of at least 4 members (excludes halogenated alkanes) is 1. The summed E-state index contributed by atoms with van der Waals surface area (Å²) in [7, 11) is 0. The number of hydrogen-bond acceptors (Lipinski definition) is 4. The Morgan fingerprint density at radius 2 is 1.41 bits per heavy atom. The molecule has 0 N–H and O–H groups in total. The maximum Gasteiger partial charge on any atom is 0.286 e. The van der Waals surface area contributed by atoms with Crippen molar-refractivity contribution < 1.29 is 4.79 Å². The fourth-order valence-corrected chi connectivity index (χ4v) is 5.63. The van der Waals surface area contributed by atoms with Crippen LogP contribution in [0.25, 0.3) is 0 Å². The first-order valence-electron chi connectivity index (χ1n) is 10.4. The fourth-order valence-electron chi connectivity index (χ4n) is 3.14. The number of nitroso groups, excluding NO2 is 1. The molecule has 2 rings (SSSR count). The van der Waals surface area contributed by atoms with E-state index in [-0.39, 0.29) is 6.42 Å². The van der Waals surface area contributed by atoms with Crippen molar-refractivity contribution in [2.24, 2.45) is 5.18 Å². The van der Waals surface area contributed by atoms with Gasteiger partial charge in [0.1, 0.15) is 0 Å². The van der Waals surface area contributed by atoms with Gasteiger partial charge in [0.25, 0.3) is 5.91 Å². The monoisotopic (exact) mass is 429 g/mol. The van der Waals surface area contributed by atoms with Crippen LogP contribution in [0.3, 0.4) is 0 Å². The van der Waals surface area contributed by atoms with Gasteiger partial charge in [-0.1, -0.05) is 67.1 Å². The first kappa shape index (κ1) is 23.7. The van der Waals surface area contributed by atoms with Crippen LogP contribution in [0.2, 0.25) is 0 Å². The molecule has 0 fully saturated rings. The van der Waals surface area contributed by atoms with Gasteiger partial charge >= 0.3 is 0 Å². The minimum atomic E-state index is -0.519. The van der Waals surface area contributed by atoms with Gasteiger partial charge in [0.05, 0.1) is 0 Å². The van der Waals surface area contributed by atoms with E-state index >= 15 is 0 Å². The maximum absolute atomic E-state index is 11.1. The Hall–Kier alpha value is -1.59. The Kier molecular flexibility index (Phi) is 12.5. The highest BCUT2D eigenvalue weighted by Gasteiger charge is 2.10. The molecule has 1 atom stereocenters. The number of aryl methyl sites for hydroxylation is 2. The number of amides is 1. The summed E-state index contributed by atoms with van der Waals surface area (Å²) in [6, 6.07) is 21.3. The van der Waals surface area contributed by atoms with Crippen molar-refractivity contribution in [2.75, 3.05) is 17.3 Å². The number of thioether (sulfide) groups is 2. The number of nitrogens with zero attached hydrogens (tertiary/aromatic N) is 1. The van der Waals surface area contributed by atoms with Crippen LogP contribution in [0.5, 0.6) is 0 Å². The first-order chi connectivity index (χ1) is 14.3. The number of benzene rings is 2. The molecular formula is C24H31NO2S2. The summed E-state index contributed by atoms with van der Waals surface area (Å²) in [6.07, 6.45) is 6.55. The third-order valence-electron chi connectivity index (χ3n) is 4.82. The van der Waals surface area contributed by atoms with Gasteiger partial charge in [-0.2, -0.15) is 23.5 Å². The van der Waals surface area contributed by atoms with Crippen molar-refractivity contribution in [1.29, 1.82) is 0 Å². The predicted molar refractivity (Wildman–Crippen MR) is 128 cm³/mol. The molecule has 2 aromatic rings. The summed E-state index contributed by atoms with van der Waals surface area (Å²) in [5, 5.41) is 3.10. The molecule has 0 saturated carbocycles. The van der Waals surface area contributed by atoms with E-state index in [1.165, 1.54) is 23.3 Å². The van der Waals surface area contributed by atoms with Crippen LogP contribution >= 0.6 is 23.5 Å². The molecule has 0 aliphatic rings. The van der Waals surface area contributed by atoms with Gasteiger partial charge in [-0.3, -0.25) is 4.79 Å². The third-order valence-corrected chi connectivity index (χ3v) is 7.22. The molecule has 1 unspecified atom stereocenters. The largest absolute Gasteiger partial charge is 0.286 e. The zero-order valence-electron chi connectivity index (χ0n) is 17.0. The third kappa shape index (κ3) is 11.2. The highest BCUT2D eigenvalue weighted by Crippen LogP contribution is 2.24. The Bertz CT molecular complexity index is 695. The van der Waals surface area contributed by atoms with E-state index in [1.54, 1.807) is 0 Å². The van der Waals surface area contributed by atoms with E-state index in [0.717, 1.165) is 43.6 Å². The molecule has 3 nitrogen and oxygen atoms in total. The molecule has 0 aliphatic carbocycles. The molecule has 0 saturated heterocycles. The van der Waals surface area contributed by atoms with Gasteiger partial charge in [0.15, 0.2) is 0 Å². The molecular weight excluding hydrogens is 398 g/mol. The van der Waals surface area contributed by atoms with Gasteiger partial charge in [-0.25, -0.2) is 0 Å². The minimum Gasteiger partial charge on any atom is -0.269 e. The topological polar surface area (TPSA) is 46.5 Å². The average molecular weight is 430 g/mol. The standard InChI is InChI=1S/C24H31NO2S2/c26-24(25-27)14-8-7-13-23(29-20-16-22-11-5-2-6-12-22)17-19-28-18-15-21-9-3-1-4-10-21/h1-6,9-12,23H,7-8,13-20H2. The van der Waals surface area contributed by atoms with Crippen LogP contribution in [0.4, 0.5) is 0 Å². The van der Waals surface area contributed by atoms with E-state index in [4.69, 9.17) is 0 Å². The number of carbonyl (C=O) groups excluding carboxylic acids is 1. The van der Waals surface area contributed by atoms with Crippen molar-refractivity contribution in [3.8, 4) is 0 Å². The lowest BCUT2D eigenvalue weighted by Gasteiger charge is -2.16. The molecule has 0 heterocycles. The smallest absolute Gasteiger partial charge is 0.269 e. The second-order valence-electron chi connectivity index (χ2n) is 7.10. The normalized spacial score (nSPS) is 11.9. The molecule has 29 heavy (non-hydrogen) atoms. The lowest BCUT2D eigenvalue weighted by Crippen LogP contribution is -2.07. The lowest BCUT2D eigenvalue weighted by molar-refractivity contribution is -0.118. The van der Waals surface area contributed by atoms with Gasteiger partial charge in [-0.05, 0) is 60.5 Å². The quantitative estimate of drug-likeness (QED) is 0.238. The summed E-state index contributed by atoms with van der Waals surface area (Å²) in [5.74, 6) is 2.93. The second-order valence-corrected chi connectivity index (χ2v) is 9.73. The van der Waals surface area contributed by atoms with Crippen LogP contribution in [0, 0.1) is 4.91 Å². The van der Waals surface area contributed by atoms with E-state index in [9.17, 15) is 9.70 Å². The van der Waals surface area contributed by atoms with Gasteiger partial charge in [0, 0.05) is 16.8 Å². The minimum absolute atomic E-state index is 0.288. The summed E-state index contributed by atoms with van der Waals surface area (Å²) in [6.45, 7) is 0. The van der Waals surface area contributed by atoms with Gasteiger partial charge in [0.2, 0.25) is 0 Å². The summed E-state index contributed by atoms with van der Waals surface area (Å²) in [4.78, 5) is 21.3. The van der Waals surface area contributed by atoms with Gasteiger partial charge in [-0.15, -0.1) is 4.91 Å². The molecule has 0 spiro atoms. The van der Waals surface area contributed by atoms with Crippen molar-refractivity contribution >= 4 is 29.4 Å². The first-order valence-corrected chi connectivity index (χ1v) is 12.6. The van der Waals surface area contributed by atoms with E-state index in [1.807, 2.05) is 11.8 Å². The Labute approximate surface area is 183 Å². The predicted octanol–water partition coefficient (Wildman–Crippen LogP) is 6.55. The molecule has 0 aromatic heterocycles. The zero-order valence-corrected chi connectivity index (χ0v) is 18.6. The number of rotatable bonds is 15. The van der Waals surface area contributed by atoms with Crippen LogP contribution in [-0.4, -0.2) is 28.4 Å². The van der Waals surface area contributed by atoms with Crippen LogP contribution < -0.4 is 0 Å². The van der Waals surface area contributed by atoms with Crippen LogP contribution in [0.15, 0.2) is 65.8 Å². The molecule has 0 radical (unpaired) electrons. The number of carbonyl (C=O) groups is 1. The molecule has 0 aliphatic heterocycles. The highest BCUT2D eigenvalue weighted by atomic mass is 32.2. The van der Waals surface area contributed by atoms with Crippen LogP contribution in [0.1, 0.15) is 43.2 Å². The SMILES string of the molecule is O=NC(=O)CCCCC(CCSCCc1ccccc1)SCCc1ccccc1. The molecule has 2 aromatic carbocycles. The highest BCUT2D eigenvalue weighted by molar-refractivity contribution is 8.00.